The summed E-state index contributed by atoms with van der Waals surface area (Å²) in [5.41, 5.74) is 1.82. The van der Waals surface area contributed by atoms with E-state index in [0.29, 0.717) is 6.42 Å². The number of terminal acetylenes is 1. The normalized spacial score (nSPS) is 9.64. The minimum absolute atomic E-state index is 0.528. The van der Waals surface area contributed by atoms with Gasteiger partial charge in [0, 0.05) is 12.3 Å². The lowest BCUT2D eigenvalue weighted by Crippen LogP contribution is -1.95. The van der Waals surface area contributed by atoms with Crippen molar-refractivity contribution in [2.45, 2.75) is 6.42 Å². The second-order valence-electron chi connectivity index (χ2n) is 2.88. The predicted octanol–water partition coefficient (Wildman–Crippen LogP) is 1.85. The molecule has 0 saturated carbocycles. The molecule has 1 aromatic carbocycles. The molecule has 1 heterocycles. The molecule has 0 N–H and O–H groups in total. The van der Waals surface area contributed by atoms with Gasteiger partial charge in [0.1, 0.15) is 0 Å². The van der Waals surface area contributed by atoms with Crippen molar-refractivity contribution in [1.82, 2.24) is 9.78 Å². The van der Waals surface area contributed by atoms with Crippen LogP contribution in [-0.2, 0) is 6.42 Å². The summed E-state index contributed by atoms with van der Waals surface area (Å²) in [5, 5.41) is 4.29. The fourth-order valence-electron chi connectivity index (χ4n) is 1.22. The lowest BCUT2D eigenvalue weighted by Gasteiger charge is -1.98. The molecular weight excluding hydrogens is 172 g/mol. The molecule has 1 aromatic heterocycles. The van der Waals surface area contributed by atoms with Gasteiger partial charge in [-0.2, -0.15) is 5.10 Å². The van der Waals surface area contributed by atoms with Crippen LogP contribution in [0.2, 0.25) is 0 Å². The maximum absolute atomic E-state index is 5.19. The van der Waals surface area contributed by atoms with Crippen LogP contribution in [0.5, 0.6) is 0 Å². The Morgan fingerprint density at radius 3 is 2.86 bits per heavy atom. The van der Waals surface area contributed by atoms with Gasteiger partial charge < -0.3 is 0 Å². The molecule has 1 radical (unpaired) electrons. The van der Waals surface area contributed by atoms with Gasteiger partial charge in [0.25, 0.3) is 0 Å². The van der Waals surface area contributed by atoms with E-state index in [9.17, 15) is 0 Å². The lowest BCUT2D eigenvalue weighted by atomic mass is 10.3. The van der Waals surface area contributed by atoms with E-state index >= 15 is 0 Å². The number of benzene rings is 1. The Balaban J connectivity index is 2.31. The highest BCUT2D eigenvalue weighted by atomic mass is 15.3. The summed E-state index contributed by atoms with van der Waals surface area (Å²) in [6.07, 6.45) is 7.51. The predicted molar refractivity (Wildman–Crippen MR) is 54.9 cm³/mol. The van der Waals surface area contributed by atoms with E-state index in [1.54, 1.807) is 10.9 Å². The summed E-state index contributed by atoms with van der Waals surface area (Å²) in [6.45, 7) is 0. The number of aromatic nitrogens is 2. The second-order valence-corrected chi connectivity index (χ2v) is 2.88. The lowest BCUT2D eigenvalue weighted by molar-refractivity contribution is 0.854. The molecule has 0 spiro atoms. The third-order valence-corrected chi connectivity index (χ3v) is 1.87. The molecule has 0 aliphatic carbocycles. The van der Waals surface area contributed by atoms with Crippen molar-refractivity contribution in [3.63, 3.8) is 0 Å². The first-order valence-corrected chi connectivity index (χ1v) is 4.35. The third-order valence-electron chi connectivity index (χ3n) is 1.87. The Morgan fingerprint density at radius 1 is 1.36 bits per heavy atom. The maximum atomic E-state index is 5.19. The summed E-state index contributed by atoms with van der Waals surface area (Å²) in [5.74, 6) is 2.54. The molecular formula is C12H9N2. The first-order valence-electron chi connectivity index (χ1n) is 4.35. The highest BCUT2D eigenvalue weighted by Crippen LogP contribution is 2.06. The van der Waals surface area contributed by atoms with Crippen molar-refractivity contribution in [3.8, 4) is 18.0 Å². The van der Waals surface area contributed by atoms with Crippen molar-refractivity contribution >= 4 is 0 Å². The second kappa shape index (κ2) is 3.80. The molecule has 67 valence electrons. The minimum Gasteiger partial charge on any atom is -0.240 e. The quantitative estimate of drug-likeness (QED) is 0.646. The number of para-hydroxylation sites is 1. The zero-order chi connectivity index (χ0) is 9.80. The van der Waals surface area contributed by atoms with Crippen LogP contribution in [0.1, 0.15) is 5.69 Å². The largest absolute Gasteiger partial charge is 0.240 e. The van der Waals surface area contributed by atoms with E-state index in [-0.39, 0.29) is 0 Å². The van der Waals surface area contributed by atoms with Crippen LogP contribution in [0.25, 0.3) is 5.69 Å². The molecule has 2 aromatic rings. The Kier molecular flexibility index (Phi) is 2.33. The molecule has 0 fully saturated rings. The van der Waals surface area contributed by atoms with Crippen LogP contribution in [0.3, 0.4) is 0 Å². The van der Waals surface area contributed by atoms with E-state index < -0.39 is 0 Å². The Bertz CT molecular complexity index is 449. The fraction of sp³-hybridized carbons (Fsp3) is 0.0833. The highest BCUT2D eigenvalue weighted by molar-refractivity contribution is 5.30. The van der Waals surface area contributed by atoms with Crippen molar-refractivity contribution < 1.29 is 0 Å². The SMILES string of the molecule is C#CCc1[c]cn(-c2ccccc2)n1. The van der Waals surface area contributed by atoms with Gasteiger partial charge in [0.2, 0.25) is 0 Å². The average Bonchev–Trinajstić information content (AvgIpc) is 2.68. The summed E-state index contributed by atoms with van der Waals surface area (Å²) in [4.78, 5) is 0. The number of hydrogen-bond donors (Lipinski definition) is 0. The van der Waals surface area contributed by atoms with Gasteiger partial charge in [0.15, 0.2) is 0 Å². The van der Waals surface area contributed by atoms with Gasteiger partial charge in [0.05, 0.1) is 17.8 Å². The van der Waals surface area contributed by atoms with Crippen LogP contribution in [0.4, 0.5) is 0 Å². The smallest absolute Gasteiger partial charge is 0.0827 e. The molecule has 0 aliphatic rings. The number of hydrogen-bond acceptors (Lipinski definition) is 1. The minimum atomic E-state index is 0.528. The molecule has 0 saturated heterocycles. The average molecular weight is 181 g/mol. The highest BCUT2D eigenvalue weighted by Gasteiger charge is 1.98. The van der Waals surface area contributed by atoms with Gasteiger partial charge in [-0.15, -0.1) is 12.3 Å². The van der Waals surface area contributed by atoms with Crippen molar-refractivity contribution in [3.05, 3.63) is 48.3 Å². The molecule has 0 amide bonds. The molecule has 2 heteroatoms. The molecule has 0 unspecified atom stereocenters. The Labute approximate surface area is 83.2 Å². The van der Waals surface area contributed by atoms with Gasteiger partial charge in [-0.3, -0.25) is 0 Å². The van der Waals surface area contributed by atoms with Crippen LogP contribution in [0, 0.1) is 18.4 Å². The standard InChI is InChI=1S/C12H9N2/c1-2-6-11-9-10-14(13-11)12-7-4-3-5-8-12/h1,3-5,7-8,10H,6H2. The van der Waals surface area contributed by atoms with Crippen molar-refractivity contribution in [2.75, 3.05) is 0 Å². The summed E-state index contributed by atoms with van der Waals surface area (Å²) < 4.78 is 1.77. The van der Waals surface area contributed by atoms with Gasteiger partial charge in [-0.05, 0) is 12.1 Å². The van der Waals surface area contributed by atoms with Crippen LogP contribution in [0.15, 0.2) is 36.5 Å². The fourth-order valence-corrected chi connectivity index (χ4v) is 1.22. The van der Waals surface area contributed by atoms with E-state index in [4.69, 9.17) is 6.42 Å². The summed E-state index contributed by atoms with van der Waals surface area (Å²) in [6, 6.07) is 12.9. The third kappa shape index (κ3) is 1.67. The first kappa shape index (κ1) is 8.58. The zero-order valence-corrected chi connectivity index (χ0v) is 7.64. The molecule has 2 nitrogen and oxygen atoms in total. The van der Waals surface area contributed by atoms with Crippen LogP contribution < -0.4 is 0 Å². The number of rotatable bonds is 2. The van der Waals surface area contributed by atoms with Crippen LogP contribution in [-0.4, -0.2) is 9.78 Å². The van der Waals surface area contributed by atoms with Gasteiger partial charge in [-0.1, -0.05) is 18.2 Å². The van der Waals surface area contributed by atoms with E-state index in [1.807, 2.05) is 30.3 Å². The molecule has 2 rings (SSSR count). The van der Waals surface area contributed by atoms with Crippen molar-refractivity contribution in [2.24, 2.45) is 0 Å². The van der Waals surface area contributed by atoms with E-state index in [1.165, 1.54) is 0 Å². The Hall–Kier alpha value is -2.01. The van der Waals surface area contributed by atoms with Crippen molar-refractivity contribution in [1.29, 1.82) is 0 Å². The molecule has 0 atom stereocenters. The number of nitrogens with zero attached hydrogens (tertiary/aromatic N) is 2. The zero-order valence-electron chi connectivity index (χ0n) is 7.64. The first-order chi connectivity index (χ1) is 6.90. The van der Waals surface area contributed by atoms with E-state index in [0.717, 1.165) is 11.4 Å². The molecule has 14 heavy (non-hydrogen) atoms. The topological polar surface area (TPSA) is 17.8 Å². The summed E-state index contributed by atoms with van der Waals surface area (Å²) in [7, 11) is 0. The molecule has 0 bridgehead atoms. The Morgan fingerprint density at radius 2 is 2.14 bits per heavy atom. The monoisotopic (exact) mass is 181 g/mol. The van der Waals surface area contributed by atoms with Gasteiger partial charge in [-0.25, -0.2) is 4.68 Å². The van der Waals surface area contributed by atoms with Crippen LogP contribution >= 0.6 is 0 Å². The van der Waals surface area contributed by atoms with Gasteiger partial charge >= 0.3 is 0 Å². The maximum Gasteiger partial charge on any atom is 0.0827 e. The summed E-state index contributed by atoms with van der Waals surface area (Å²) >= 11 is 0. The van der Waals surface area contributed by atoms with E-state index in [2.05, 4.69) is 17.1 Å². The molecule has 0 aliphatic heterocycles.